The van der Waals surface area contributed by atoms with Crippen molar-refractivity contribution in [3.63, 3.8) is 0 Å². The number of methoxy groups -OCH3 is 1. The molecule has 0 aliphatic heterocycles. The molecule has 7 heteroatoms. The van der Waals surface area contributed by atoms with Gasteiger partial charge >= 0.3 is 0 Å². The summed E-state index contributed by atoms with van der Waals surface area (Å²) >= 11 is 0. The van der Waals surface area contributed by atoms with Gasteiger partial charge in [0.1, 0.15) is 11.6 Å². The van der Waals surface area contributed by atoms with Crippen LogP contribution in [0.25, 0.3) is 16.9 Å². The van der Waals surface area contributed by atoms with Crippen molar-refractivity contribution in [3.05, 3.63) is 77.6 Å². The van der Waals surface area contributed by atoms with E-state index in [-0.39, 0.29) is 11.4 Å². The molecule has 2 aromatic carbocycles. The Kier molecular flexibility index (Phi) is 5.80. The number of anilines is 1. The van der Waals surface area contributed by atoms with Crippen LogP contribution in [0.4, 0.5) is 5.82 Å². The Balaban J connectivity index is 1.76. The van der Waals surface area contributed by atoms with E-state index in [1.807, 2.05) is 73.1 Å². The fourth-order valence-electron chi connectivity index (χ4n) is 3.79. The lowest BCUT2D eigenvalue weighted by molar-refractivity contribution is 0.102. The number of aromatic nitrogens is 4. The minimum Gasteiger partial charge on any atom is -0.496 e. The van der Waals surface area contributed by atoms with Crippen LogP contribution >= 0.6 is 0 Å². The molecular weight excluding hydrogens is 414 g/mol. The van der Waals surface area contributed by atoms with E-state index in [4.69, 9.17) is 9.84 Å². The Morgan fingerprint density at radius 3 is 2.30 bits per heavy atom. The molecule has 1 N–H and O–H groups in total. The molecule has 0 radical (unpaired) electrons. The van der Waals surface area contributed by atoms with Crippen LogP contribution in [0.1, 0.15) is 42.5 Å². The predicted molar refractivity (Wildman–Crippen MR) is 130 cm³/mol. The van der Waals surface area contributed by atoms with E-state index in [0.29, 0.717) is 23.0 Å². The maximum absolute atomic E-state index is 13.2. The van der Waals surface area contributed by atoms with Crippen molar-refractivity contribution in [2.45, 2.75) is 40.2 Å². The second-order valence-electron chi connectivity index (χ2n) is 9.07. The molecule has 0 unspecified atom stereocenters. The summed E-state index contributed by atoms with van der Waals surface area (Å²) in [6.45, 7) is 10.1. The van der Waals surface area contributed by atoms with Gasteiger partial charge in [0.15, 0.2) is 5.69 Å². The van der Waals surface area contributed by atoms with E-state index >= 15 is 0 Å². The number of nitrogens with one attached hydrogen (secondary N) is 1. The molecule has 2 aromatic heterocycles. The zero-order valence-corrected chi connectivity index (χ0v) is 19.9. The summed E-state index contributed by atoms with van der Waals surface area (Å²) in [4.78, 5) is 13.2. The van der Waals surface area contributed by atoms with Crippen molar-refractivity contribution in [2.24, 2.45) is 0 Å². The number of aryl methyl sites for hydroxylation is 2. The number of hydrogen-bond acceptors (Lipinski definition) is 4. The van der Waals surface area contributed by atoms with Gasteiger partial charge in [-0.05, 0) is 65.0 Å². The predicted octanol–water partition coefficient (Wildman–Crippen LogP) is 5.37. The molecule has 4 aromatic rings. The number of carbonyl (C=O) groups is 1. The number of nitrogens with zero attached hydrogens (tertiary/aromatic N) is 4. The van der Waals surface area contributed by atoms with Crippen molar-refractivity contribution in [3.8, 4) is 22.7 Å². The fraction of sp³-hybridized carbons (Fsp3) is 0.269. The normalized spacial score (nSPS) is 11.5. The summed E-state index contributed by atoms with van der Waals surface area (Å²) in [5.74, 6) is 0.970. The number of ether oxygens (including phenoxy) is 1. The molecule has 0 saturated heterocycles. The number of rotatable bonds is 5. The van der Waals surface area contributed by atoms with Crippen LogP contribution in [0.5, 0.6) is 5.75 Å². The molecule has 0 bridgehead atoms. The Morgan fingerprint density at radius 2 is 1.67 bits per heavy atom. The Labute approximate surface area is 194 Å². The summed E-state index contributed by atoms with van der Waals surface area (Å²) in [5.41, 5.74) is 4.59. The third-order valence-corrected chi connectivity index (χ3v) is 5.37. The molecule has 170 valence electrons. The molecule has 2 heterocycles. The molecule has 4 rings (SSSR count). The van der Waals surface area contributed by atoms with Crippen molar-refractivity contribution >= 4 is 11.7 Å². The standard InChI is InChI=1S/C26H29N5O2/c1-17-11-13-19(14-12-17)30-24(16-21(28-30)20-9-7-8-10-23(20)33-6)27-25(32)22-15-18(2)31(29-22)26(3,4)5/h7-16H,1-6H3,(H,27,32). The summed E-state index contributed by atoms with van der Waals surface area (Å²) in [7, 11) is 1.63. The quantitative estimate of drug-likeness (QED) is 0.450. The minimum absolute atomic E-state index is 0.219. The summed E-state index contributed by atoms with van der Waals surface area (Å²) in [5, 5.41) is 12.3. The first-order valence-corrected chi connectivity index (χ1v) is 10.9. The van der Waals surface area contributed by atoms with Gasteiger partial charge in [0, 0.05) is 17.3 Å². The lowest BCUT2D eigenvalue weighted by Crippen LogP contribution is -2.25. The molecule has 7 nitrogen and oxygen atoms in total. The van der Waals surface area contributed by atoms with Gasteiger partial charge in [-0.25, -0.2) is 4.68 Å². The molecule has 0 fully saturated rings. The Bertz CT molecular complexity index is 1290. The van der Waals surface area contributed by atoms with Crippen molar-refractivity contribution in [1.82, 2.24) is 19.6 Å². The average Bonchev–Trinajstić information content (AvgIpc) is 3.38. The second-order valence-corrected chi connectivity index (χ2v) is 9.07. The van der Waals surface area contributed by atoms with Crippen molar-refractivity contribution in [2.75, 3.05) is 12.4 Å². The van der Waals surface area contributed by atoms with Gasteiger partial charge in [0.2, 0.25) is 0 Å². The fourth-order valence-corrected chi connectivity index (χ4v) is 3.79. The Hall–Kier alpha value is -3.87. The van der Waals surface area contributed by atoms with E-state index in [9.17, 15) is 4.79 Å². The van der Waals surface area contributed by atoms with Crippen LogP contribution in [-0.4, -0.2) is 32.6 Å². The summed E-state index contributed by atoms with van der Waals surface area (Å²) < 4.78 is 9.11. The van der Waals surface area contributed by atoms with Gasteiger partial charge in [-0.1, -0.05) is 29.8 Å². The molecule has 0 spiro atoms. The SMILES string of the molecule is COc1ccccc1-c1cc(NC(=O)c2cc(C)n(C(C)(C)C)n2)n(-c2ccc(C)cc2)n1. The van der Waals surface area contributed by atoms with Crippen LogP contribution in [0.3, 0.4) is 0 Å². The van der Waals surface area contributed by atoms with Crippen LogP contribution in [0, 0.1) is 13.8 Å². The molecule has 1 amide bonds. The van der Waals surface area contributed by atoms with Crippen LogP contribution in [0.2, 0.25) is 0 Å². The second kappa shape index (κ2) is 8.58. The topological polar surface area (TPSA) is 74.0 Å². The lowest BCUT2D eigenvalue weighted by atomic mass is 10.1. The number of hydrogen-bond donors (Lipinski definition) is 1. The third kappa shape index (κ3) is 4.53. The highest BCUT2D eigenvalue weighted by Gasteiger charge is 2.22. The van der Waals surface area contributed by atoms with Gasteiger partial charge in [-0.2, -0.15) is 10.2 Å². The maximum atomic E-state index is 13.2. The maximum Gasteiger partial charge on any atom is 0.277 e. The molecule has 0 saturated carbocycles. The first-order valence-electron chi connectivity index (χ1n) is 10.9. The van der Waals surface area contributed by atoms with Crippen LogP contribution < -0.4 is 10.1 Å². The monoisotopic (exact) mass is 443 g/mol. The highest BCUT2D eigenvalue weighted by atomic mass is 16.5. The van der Waals surface area contributed by atoms with E-state index in [0.717, 1.165) is 22.5 Å². The summed E-state index contributed by atoms with van der Waals surface area (Å²) in [6.07, 6.45) is 0. The minimum atomic E-state index is -0.291. The van der Waals surface area contributed by atoms with Gasteiger partial charge < -0.3 is 10.1 Å². The van der Waals surface area contributed by atoms with Gasteiger partial charge in [0.05, 0.1) is 24.0 Å². The smallest absolute Gasteiger partial charge is 0.277 e. The van der Waals surface area contributed by atoms with Gasteiger partial charge in [-0.15, -0.1) is 0 Å². The average molecular weight is 444 g/mol. The van der Waals surface area contributed by atoms with E-state index in [1.165, 1.54) is 0 Å². The lowest BCUT2D eigenvalue weighted by Gasteiger charge is -2.21. The van der Waals surface area contributed by atoms with Crippen LogP contribution in [0.15, 0.2) is 60.7 Å². The largest absolute Gasteiger partial charge is 0.496 e. The van der Waals surface area contributed by atoms with Gasteiger partial charge in [0.25, 0.3) is 5.91 Å². The first kappa shape index (κ1) is 22.3. The Morgan fingerprint density at radius 1 is 0.970 bits per heavy atom. The summed E-state index contributed by atoms with van der Waals surface area (Å²) in [6, 6.07) is 19.3. The van der Waals surface area contributed by atoms with Crippen molar-refractivity contribution in [1.29, 1.82) is 0 Å². The zero-order valence-electron chi connectivity index (χ0n) is 19.9. The molecule has 0 aliphatic carbocycles. The molecular formula is C26H29N5O2. The highest BCUT2D eigenvalue weighted by molar-refractivity contribution is 6.03. The van der Waals surface area contributed by atoms with Crippen LogP contribution in [-0.2, 0) is 5.54 Å². The first-order chi connectivity index (χ1) is 15.7. The molecule has 0 atom stereocenters. The van der Waals surface area contributed by atoms with E-state index < -0.39 is 0 Å². The highest BCUT2D eigenvalue weighted by Crippen LogP contribution is 2.32. The van der Waals surface area contributed by atoms with E-state index in [2.05, 4.69) is 31.2 Å². The van der Waals surface area contributed by atoms with Crippen molar-refractivity contribution < 1.29 is 9.53 Å². The van der Waals surface area contributed by atoms with Gasteiger partial charge in [-0.3, -0.25) is 9.48 Å². The number of amides is 1. The number of carbonyl (C=O) groups excluding carboxylic acids is 1. The van der Waals surface area contributed by atoms with E-state index in [1.54, 1.807) is 17.9 Å². The number of para-hydroxylation sites is 1. The molecule has 0 aliphatic rings. The number of benzene rings is 2. The third-order valence-electron chi connectivity index (χ3n) is 5.37. The molecule has 33 heavy (non-hydrogen) atoms. The zero-order chi connectivity index (χ0) is 23.8.